The van der Waals surface area contributed by atoms with Gasteiger partial charge in [-0.15, -0.1) is 0 Å². The van der Waals surface area contributed by atoms with Gasteiger partial charge in [0.15, 0.2) is 12.0 Å². The molecule has 1 heterocycles. The average Bonchev–Trinajstić information content (AvgIpc) is 2.14. The first-order chi connectivity index (χ1) is 6.65. The summed E-state index contributed by atoms with van der Waals surface area (Å²) < 4.78 is 0. The molecule has 0 aliphatic rings. The predicted molar refractivity (Wildman–Crippen MR) is 48.6 cm³/mol. The highest BCUT2D eigenvalue weighted by molar-refractivity contribution is 5.91. The molecule has 0 unspecified atom stereocenters. The van der Waals surface area contributed by atoms with Gasteiger partial charge in [-0.1, -0.05) is 5.92 Å². The Kier molecular flexibility index (Phi) is 2.82. The molecule has 0 radical (unpaired) electrons. The summed E-state index contributed by atoms with van der Waals surface area (Å²) in [4.78, 5) is 24.0. The number of carboxylic acid groups (broad SMARTS) is 1. The Labute approximate surface area is 79.6 Å². The second-order valence-corrected chi connectivity index (χ2v) is 2.35. The van der Waals surface area contributed by atoms with Crippen LogP contribution in [0.4, 0.5) is 5.69 Å². The van der Waals surface area contributed by atoms with Crippen molar-refractivity contribution in [1.29, 1.82) is 0 Å². The van der Waals surface area contributed by atoms with E-state index < -0.39 is 5.97 Å². The van der Waals surface area contributed by atoms with E-state index in [1.165, 1.54) is 12.3 Å². The molecule has 1 aromatic rings. The molecule has 0 aromatic carbocycles. The van der Waals surface area contributed by atoms with Crippen LogP contribution in [-0.2, 0) is 4.79 Å². The molecule has 0 atom stereocenters. The van der Waals surface area contributed by atoms with Gasteiger partial charge in [-0.25, -0.2) is 9.78 Å². The maximum atomic E-state index is 10.5. The zero-order chi connectivity index (χ0) is 10.6. The number of hydrogen-bond donors (Lipinski definition) is 2. The van der Waals surface area contributed by atoms with E-state index in [0.717, 1.165) is 0 Å². The Balaban J connectivity index is 3.12. The minimum Gasteiger partial charge on any atom is -0.476 e. The first-order valence-corrected chi connectivity index (χ1v) is 3.59. The van der Waals surface area contributed by atoms with Gasteiger partial charge >= 0.3 is 5.97 Å². The number of aldehydes is 1. The highest BCUT2D eigenvalue weighted by Gasteiger charge is 2.08. The van der Waals surface area contributed by atoms with Crippen LogP contribution in [0.1, 0.15) is 16.1 Å². The molecule has 0 fully saturated rings. The minimum absolute atomic E-state index is 0.0233. The molecular weight excluding hydrogens is 184 g/mol. The van der Waals surface area contributed by atoms with Gasteiger partial charge in [-0.2, -0.15) is 0 Å². The van der Waals surface area contributed by atoms with E-state index in [-0.39, 0.29) is 11.4 Å². The molecule has 0 bridgehead atoms. The second-order valence-electron chi connectivity index (χ2n) is 2.35. The Morgan fingerprint density at radius 2 is 2.36 bits per heavy atom. The summed E-state index contributed by atoms with van der Waals surface area (Å²) in [6.07, 6.45) is 1.68. The number of hydrogen-bond acceptors (Lipinski definition) is 4. The zero-order valence-electron chi connectivity index (χ0n) is 7.02. The van der Waals surface area contributed by atoms with Crippen LogP contribution in [0.3, 0.4) is 0 Å². The third-order valence-corrected chi connectivity index (χ3v) is 1.40. The van der Waals surface area contributed by atoms with Gasteiger partial charge in [0, 0.05) is 11.8 Å². The van der Waals surface area contributed by atoms with E-state index in [2.05, 4.69) is 16.8 Å². The second kappa shape index (κ2) is 4.05. The normalized spacial score (nSPS) is 8.57. The first-order valence-electron chi connectivity index (χ1n) is 3.59. The fraction of sp³-hybridized carbons (Fsp3) is 0. The summed E-state index contributed by atoms with van der Waals surface area (Å²) >= 11 is 0. The average molecular weight is 190 g/mol. The Bertz CT molecular complexity index is 443. The topological polar surface area (TPSA) is 93.3 Å². The standard InChI is InChI=1S/C9H6N2O3/c10-7-4-6(2-1-3-12)5-11-8(7)9(13)14/h3-5H,10H2,(H,13,14). The molecule has 0 amide bonds. The number of nitrogens with two attached hydrogens (primary N) is 1. The summed E-state index contributed by atoms with van der Waals surface area (Å²) in [5.74, 6) is 3.42. The lowest BCUT2D eigenvalue weighted by Gasteiger charge is -1.98. The predicted octanol–water partition coefficient (Wildman–Crippen LogP) is -0.0876. The van der Waals surface area contributed by atoms with Crippen LogP contribution in [-0.4, -0.2) is 22.3 Å². The Hall–Kier alpha value is -2.35. The molecule has 1 aromatic heterocycles. The molecule has 0 spiro atoms. The highest BCUT2D eigenvalue weighted by Crippen LogP contribution is 2.09. The van der Waals surface area contributed by atoms with E-state index in [4.69, 9.17) is 10.8 Å². The van der Waals surface area contributed by atoms with Crippen molar-refractivity contribution >= 4 is 17.9 Å². The number of rotatable bonds is 1. The minimum atomic E-state index is -1.20. The van der Waals surface area contributed by atoms with Gasteiger partial charge in [-0.05, 0) is 12.0 Å². The number of nitrogen functional groups attached to an aromatic ring is 1. The lowest BCUT2D eigenvalue weighted by Crippen LogP contribution is -2.05. The first kappa shape index (κ1) is 9.74. The van der Waals surface area contributed by atoms with Crippen LogP contribution in [0.2, 0.25) is 0 Å². The third-order valence-electron chi connectivity index (χ3n) is 1.40. The number of carboxylic acids is 1. The van der Waals surface area contributed by atoms with E-state index >= 15 is 0 Å². The molecule has 70 valence electrons. The van der Waals surface area contributed by atoms with Gasteiger partial charge in [0.2, 0.25) is 0 Å². The van der Waals surface area contributed by atoms with E-state index in [1.54, 1.807) is 0 Å². The number of carbonyl (C=O) groups excluding carboxylic acids is 1. The molecule has 5 nitrogen and oxygen atoms in total. The van der Waals surface area contributed by atoms with Crippen molar-refractivity contribution < 1.29 is 14.7 Å². The quantitative estimate of drug-likeness (QED) is 0.477. The van der Waals surface area contributed by atoms with Crippen molar-refractivity contribution in [3.05, 3.63) is 23.5 Å². The van der Waals surface area contributed by atoms with Crippen LogP contribution >= 0.6 is 0 Å². The summed E-state index contributed by atoms with van der Waals surface area (Å²) in [6, 6.07) is 1.35. The van der Waals surface area contributed by atoms with Crippen molar-refractivity contribution in [3.8, 4) is 11.8 Å². The van der Waals surface area contributed by atoms with Crippen LogP contribution in [0.15, 0.2) is 12.3 Å². The van der Waals surface area contributed by atoms with Crippen molar-refractivity contribution in [1.82, 2.24) is 4.98 Å². The number of aromatic nitrogens is 1. The molecule has 0 saturated heterocycles. The van der Waals surface area contributed by atoms with E-state index in [9.17, 15) is 9.59 Å². The molecule has 0 saturated carbocycles. The van der Waals surface area contributed by atoms with Crippen molar-refractivity contribution in [3.63, 3.8) is 0 Å². The molecule has 3 N–H and O–H groups in total. The lowest BCUT2D eigenvalue weighted by molar-refractivity contribution is -0.103. The third kappa shape index (κ3) is 2.08. The number of pyridine rings is 1. The number of aromatic carboxylic acids is 1. The Morgan fingerprint density at radius 1 is 1.64 bits per heavy atom. The zero-order valence-corrected chi connectivity index (χ0v) is 7.02. The summed E-state index contributed by atoms with van der Waals surface area (Å²) in [5, 5.41) is 8.60. The fourth-order valence-corrected chi connectivity index (χ4v) is 0.842. The van der Waals surface area contributed by atoms with Crippen LogP contribution in [0.5, 0.6) is 0 Å². The van der Waals surface area contributed by atoms with Crippen molar-refractivity contribution in [2.45, 2.75) is 0 Å². The molecule has 0 aliphatic heterocycles. The number of carbonyl (C=O) groups is 2. The van der Waals surface area contributed by atoms with Crippen molar-refractivity contribution in [2.75, 3.05) is 5.73 Å². The van der Waals surface area contributed by atoms with Gasteiger partial charge < -0.3 is 10.8 Å². The molecule has 0 aliphatic carbocycles. The summed E-state index contributed by atoms with van der Waals surface area (Å²) in [7, 11) is 0. The molecule has 5 heteroatoms. The van der Waals surface area contributed by atoms with E-state index in [1.807, 2.05) is 0 Å². The van der Waals surface area contributed by atoms with E-state index in [0.29, 0.717) is 11.8 Å². The maximum Gasteiger partial charge on any atom is 0.356 e. The molecular formula is C9H6N2O3. The smallest absolute Gasteiger partial charge is 0.356 e. The van der Waals surface area contributed by atoms with Gasteiger partial charge in [0.05, 0.1) is 5.69 Å². The van der Waals surface area contributed by atoms with Gasteiger partial charge in [0.25, 0.3) is 0 Å². The van der Waals surface area contributed by atoms with Gasteiger partial charge in [0.1, 0.15) is 0 Å². The number of anilines is 1. The SMILES string of the molecule is Nc1cc(C#CC=O)cnc1C(=O)O. The summed E-state index contributed by atoms with van der Waals surface area (Å²) in [5.41, 5.74) is 5.60. The molecule has 14 heavy (non-hydrogen) atoms. The lowest BCUT2D eigenvalue weighted by atomic mass is 10.2. The van der Waals surface area contributed by atoms with Crippen LogP contribution in [0, 0.1) is 11.8 Å². The molecule has 1 rings (SSSR count). The van der Waals surface area contributed by atoms with Gasteiger partial charge in [-0.3, -0.25) is 4.79 Å². The largest absolute Gasteiger partial charge is 0.476 e. The number of nitrogens with zero attached hydrogens (tertiary/aromatic N) is 1. The summed E-state index contributed by atoms with van der Waals surface area (Å²) in [6.45, 7) is 0. The van der Waals surface area contributed by atoms with Crippen LogP contribution < -0.4 is 5.73 Å². The monoisotopic (exact) mass is 190 g/mol. The highest BCUT2D eigenvalue weighted by atomic mass is 16.4. The maximum absolute atomic E-state index is 10.5. The van der Waals surface area contributed by atoms with Crippen LogP contribution in [0.25, 0.3) is 0 Å². The fourth-order valence-electron chi connectivity index (χ4n) is 0.842. The van der Waals surface area contributed by atoms with Crippen molar-refractivity contribution in [2.24, 2.45) is 0 Å². The Morgan fingerprint density at radius 3 is 2.86 bits per heavy atom.